The van der Waals surface area contributed by atoms with Gasteiger partial charge < -0.3 is 29.2 Å². The third-order valence-electron chi connectivity index (χ3n) is 8.63. The standard InChI is InChI=1S/C31H36N8O2.H2S/c1-4-29(40)39-15-14-38(19-24(39)17-32-2)30-26-11-13-37(28-18-33-16-22-8-5-6-10-25(22)28)20-27(26)34-31(35-30)41-21-23-9-7-12-36(23)3;/h4-6,8,10,16,18,23-24H,1,7,9,11-15,17,19-21H2,3H3;1H2/t23-,24?;/m0./s1. The topological polar surface area (TPSA) is 82.3 Å². The van der Waals surface area contributed by atoms with Gasteiger partial charge in [0.15, 0.2) is 0 Å². The highest BCUT2D eigenvalue weighted by molar-refractivity contribution is 7.59. The molecule has 0 saturated carbocycles. The van der Waals surface area contributed by atoms with E-state index in [1.807, 2.05) is 18.5 Å². The molecule has 3 aliphatic heterocycles. The highest BCUT2D eigenvalue weighted by Gasteiger charge is 2.35. The minimum Gasteiger partial charge on any atom is -0.462 e. The lowest BCUT2D eigenvalue weighted by molar-refractivity contribution is -0.128. The fraction of sp³-hybridized carbons (Fsp3) is 0.452. The first-order chi connectivity index (χ1) is 20.1. The van der Waals surface area contributed by atoms with E-state index in [1.54, 1.807) is 4.90 Å². The summed E-state index contributed by atoms with van der Waals surface area (Å²) in [6.07, 6.45) is 8.23. The van der Waals surface area contributed by atoms with Crippen LogP contribution in [0, 0.1) is 6.57 Å². The number of fused-ring (bicyclic) bond motifs is 2. The molecule has 1 unspecified atom stereocenters. The molecule has 42 heavy (non-hydrogen) atoms. The largest absolute Gasteiger partial charge is 0.462 e. The maximum Gasteiger partial charge on any atom is 0.318 e. The van der Waals surface area contributed by atoms with E-state index >= 15 is 0 Å². The monoisotopic (exact) mass is 586 g/mol. The zero-order chi connectivity index (χ0) is 28.3. The van der Waals surface area contributed by atoms with Gasteiger partial charge in [-0.2, -0.15) is 23.5 Å². The Morgan fingerprint density at radius 2 is 2.00 bits per heavy atom. The molecule has 10 nitrogen and oxygen atoms in total. The number of nitrogens with zero attached hydrogens (tertiary/aromatic N) is 8. The molecule has 3 aromatic rings. The normalized spacial score (nSPS) is 20.5. The highest BCUT2D eigenvalue weighted by Crippen LogP contribution is 2.34. The van der Waals surface area contributed by atoms with Crippen molar-refractivity contribution < 1.29 is 9.53 Å². The SMILES string of the molecule is S.[C-]#[N+]CC1CN(c2nc(OC[C@@H]3CCCN3C)nc3c2CCN(c2cncc4ccccc24)C3)CCN1C(=O)C=C. The van der Waals surface area contributed by atoms with E-state index in [4.69, 9.17) is 21.3 Å². The van der Waals surface area contributed by atoms with Crippen molar-refractivity contribution in [2.45, 2.75) is 37.9 Å². The lowest BCUT2D eigenvalue weighted by atomic mass is 10.0. The predicted octanol–water partition coefficient (Wildman–Crippen LogP) is 3.30. The summed E-state index contributed by atoms with van der Waals surface area (Å²) in [5.41, 5.74) is 3.16. The average molecular weight is 587 g/mol. The molecule has 0 spiro atoms. The molecule has 11 heteroatoms. The Morgan fingerprint density at radius 1 is 1.14 bits per heavy atom. The molecule has 2 aromatic heterocycles. The second kappa shape index (κ2) is 13.0. The zero-order valence-electron chi connectivity index (χ0n) is 24.1. The molecule has 5 heterocycles. The molecule has 6 rings (SSSR count). The van der Waals surface area contributed by atoms with Crippen molar-refractivity contribution in [3.05, 3.63) is 72.0 Å². The third-order valence-corrected chi connectivity index (χ3v) is 8.63. The molecule has 0 radical (unpaired) electrons. The number of carbonyl (C=O) groups excluding carboxylic acids is 1. The number of anilines is 2. The van der Waals surface area contributed by atoms with Crippen molar-refractivity contribution in [2.75, 3.05) is 62.7 Å². The molecule has 0 bridgehead atoms. The Balaban J connectivity index is 0.00000353. The Labute approximate surface area is 254 Å². The summed E-state index contributed by atoms with van der Waals surface area (Å²) in [4.78, 5) is 39.2. The van der Waals surface area contributed by atoms with Crippen LogP contribution >= 0.6 is 13.5 Å². The number of likely N-dealkylation sites (N-methyl/N-ethyl adjacent to an activating group) is 1. The minimum atomic E-state index is -0.226. The number of ether oxygens (including phenoxy) is 1. The quantitative estimate of drug-likeness (QED) is 0.308. The average Bonchev–Trinajstić information content (AvgIpc) is 3.43. The van der Waals surface area contributed by atoms with Crippen molar-refractivity contribution in [2.24, 2.45) is 0 Å². The summed E-state index contributed by atoms with van der Waals surface area (Å²) in [5, 5.41) is 2.28. The Bertz CT molecular complexity index is 1490. The van der Waals surface area contributed by atoms with Crippen LogP contribution in [0.1, 0.15) is 24.1 Å². The molecular weight excluding hydrogens is 548 g/mol. The van der Waals surface area contributed by atoms with Gasteiger partial charge in [0.25, 0.3) is 0 Å². The lowest BCUT2D eigenvalue weighted by Gasteiger charge is -2.41. The van der Waals surface area contributed by atoms with E-state index in [0.717, 1.165) is 54.1 Å². The van der Waals surface area contributed by atoms with Crippen LogP contribution in [0.25, 0.3) is 15.6 Å². The lowest BCUT2D eigenvalue weighted by Crippen LogP contribution is -2.56. The number of hydrogen-bond acceptors (Lipinski definition) is 8. The smallest absolute Gasteiger partial charge is 0.318 e. The summed E-state index contributed by atoms with van der Waals surface area (Å²) in [5.74, 6) is 0.730. The van der Waals surface area contributed by atoms with Gasteiger partial charge in [0.2, 0.25) is 12.5 Å². The van der Waals surface area contributed by atoms with Gasteiger partial charge in [-0.3, -0.25) is 9.78 Å². The number of benzene rings is 1. The number of piperazine rings is 1. The zero-order valence-corrected chi connectivity index (χ0v) is 25.1. The molecule has 0 N–H and O–H groups in total. The van der Waals surface area contributed by atoms with Crippen molar-refractivity contribution in [1.82, 2.24) is 24.8 Å². The van der Waals surface area contributed by atoms with Crippen LogP contribution in [-0.4, -0.2) is 95.7 Å². The van der Waals surface area contributed by atoms with Gasteiger partial charge in [-0.25, -0.2) is 6.57 Å². The van der Waals surface area contributed by atoms with E-state index in [0.29, 0.717) is 44.8 Å². The summed E-state index contributed by atoms with van der Waals surface area (Å²) in [7, 11) is 2.14. The van der Waals surface area contributed by atoms with E-state index in [2.05, 4.69) is 56.4 Å². The summed E-state index contributed by atoms with van der Waals surface area (Å²) in [6, 6.07) is 8.85. The van der Waals surface area contributed by atoms with Gasteiger partial charge in [-0.1, -0.05) is 30.8 Å². The van der Waals surface area contributed by atoms with Crippen molar-refractivity contribution in [3.8, 4) is 6.01 Å². The third kappa shape index (κ3) is 5.87. The van der Waals surface area contributed by atoms with Crippen molar-refractivity contribution >= 4 is 41.7 Å². The van der Waals surface area contributed by atoms with Crippen molar-refractivity contribution in [3.63, 3.8) is 0 Å². The van der Waals surface area contributed by atoms with E-state index in [9.17, 15) is 4.79 Å². The number of aromatic nitrogens is 3. The second-order valence-electron chi connectivity index (χ2n) is 11.1. The van der Waals surface area contributed by atoms with Crippen LogP contribution in [0.2, 0.25) is 0 Å². The number of carbonyl (C=O) groups is 1. The van der Waals surface area contributed by atoms with Crippen LogP contribution in [0.15, 0.2) is 49.3 Å². The van der Waals surface area contributed by atoms with Gasteiger partial charge in [-0.15, -0.1) is 0 Å². The number of likely N-dealkylation sites (tertiary alicyclic amines) is 1. The first-order valence-electron chi connectivity index (χ1n) is 14.4. The molecule has 2 atom stereocenters. The van der Waals surface area contributed by atoms with Gasteiger partial charge in [0.05, 0.1) is 24.1 Å². The van der Waals surface area contributed by atoms with Crippen molar-refractivity contribution in [1.29, 1.82) is 0 Å². The highest BCUT2D eigenvalue weighted by atomic mass is 32.1. The van der Waals surface area contributed by atoms with Gasteiger partial charge >= 0.3 is 6.01 Å². The molecule has 2 fully saturated rings. The van der Waals surface area contributed by atoms with E-state index in [-0.39, 0.29) is 32.0 Å². The molecule has 220 valence electrons. The van der Waals surface area contributed by atoms with Gasteiger partial charge in [0, 0.05) is 54.8 Å². The molecule has 3 aliphatic rings. The predicted molar refractivity (Wildman–Crippen MR) is 169 cm³/mol. The fourth-order valence-corrected chi connectivity index (χ4v) is 6.35. The Morgan fingerprint density at radius 3 is 2.79 bits per heavy atom. The maximum atomic E-state index is 12.5. The summed E-state index contributed by atoms with van der Waals surface area (Å²) < 4.78 is 6.27. The first kappa shape index (κ1) is 29.6. The summed E-state index contributed by atoms with van der Waals surface area (Å²) >= 11 is 0. The first-order valence-corrected chi connectivity index (χ1v) is 14.4. The van der Waals surface area contributed by atoms with Crippen LogP contribution in [0.4, 0.5) is 11.5 Å². The van der Waals surface area contributed by atoms with Crippen LogP contribution in [0.5, 0.6) is 6.01 Å². The maximum absolute atomic E-state index is 12.5. The van der Waals surface area contributed by atoms with E-state index < -0.39 is 0 Å². The molecule has 0 aliphatic carbocycles. The molecule has 1 amide bonds. The summed E-state index contributed by atoms with van der Waals surface area (Å²) in [6.45, 7) is 16.1. The number of pyridine rings is 1. The number of rotatable bonds is 7. The fourth-order valence-electron chi connectivity index (χ4n) is 6.35. The molecule has 1 aromatic carbocycles. The minimum absolute atomic E-state index is 0. The Hall–Kier alpha value is -3.88. The van der Waals surface area contributed by atoms with Crippen LogP contribution < -0.4 is 14.5 Å². The van der Waals surface area contributed by atoms with Crippen LogP contribution in [0.3, 0.4) is 0 Å². The second-order valence-corrected chi connectivity index (χ2v) is 11.1. The molecular formula is C31H38N8O2S. The number of amides is 1. The van der Waals surface area contributed by atoms with Crippen LogP contribution in [-0.2, 0) is 17.8 Å². The van der Waals surface area contributed by atoms with Gasteiger partial charge in [-0.05, 0) is 38.9 Å². The number of hydrogen-bond donors (Lipinski definition) is 0. The Kier molecular flexibility index (Phi) is 9.14. The molecule has 2 saturated heterocycles. The van der Waals surface area contributed by atoms with Gasteiger partial charge in [0.1, 0.15) is 18.5 Å². The van der Waals surface area contributed by atoms with E-state index in [1.165, 1.54) is 17.9 Å².